The van der Waals surface area contributed by atoms with Gasteiger partial charge in [0.15, 0.2) is 9.75 Å². The van der Waals surface area contributed by atoms with Gasteiger partial charge in [-0.3, -0.25) is 29.0 Å². The highest BCUT2D eigenvalue weighted by Gasteiger charge is 2.76. The number of carboxylic acid groups (broad SMARTS) is 1. The van der Waals surface area contributed by atoms with Crippen LogP contribution in [0.4, 0.5) is 5.69 Å². The Kier molecular flexibility index (Phi) is 5.87. The lowest BCUT2D eigenvalue weighted by molar-refractivity contribution is -0.138. The molecule has 43 heavy (non-hydrogen) atoms. The van der Waals surface area contributed by atoms with Crippen molar-refractivity contribution in [1.29, 1.82) is 0 Å². The van der Waals surface area contributed by atoms with Crippen molar-refractivity contribution in [3.05, 3.63) is 83.4 Å². The molecule has 2 N–H and O–H groups in total. The number of alkyl halides is 2. The van der Waals surface area contributed by atoms with Gasteiger partial charge in [0.1, 0.15) is 5.75 Å². The SMILES string of the molecule is CN1C(=O)[C@]2(Cl)C[C@@H]3C(=CC[C@@H]4C(=O)N(c5cccc(C(=O)O)c5)C(=O)[C@@H]43)[C@H](c3ccc4ccccc4c3O)[C@]2(Cl)C1=O. The maximum Gasteiger partial charge on any atom is 0.335 e. The van der Waals surface area contributed by atoms with E-state index in [1.165, 1.54) is 31.3 Å². The van der Waals surface area contributed by atoms with Gasteiger partial charge in [-0.15, -0.1) is 23.2 Å². The minimum Gasteiger partial charge on any atom is -0.507 e. The molecular formula is C32H24Cl2N2O7. The second kappa shape index (κ2) is 9.14. The number of aromatic hydroxyl groups is 1. The monoisotopic (exact) mass is 618 g/mol. The summed E-state index contributed by atoms with van der Waals surface area (Å²) in [5.41, 5.74) is 0.884. The zero-order valence-electron chi connectivity index (χ0n) is 22.7. The van der Waals surface area contributed by atoms with Crippen LogP contribution in [-0.4, -0.2) is 61.5 Å². The molecule has 0 aromatic heterocycles. The molecule has 11 heteroatoms. The number of phenols is 1. The summed E-state index contributed by atoms with van der Waals surface area (Å²) in [6, 6.07) is 16.1. The number of hydrogen-bond acceptors (Lipinski definition) is 6. The molecule has 4 aliphatic rings. The molecule has 2 aliphatic heterocycles. The van der Waals surface area contributed by atoms with Gasteiger partial charge >= 0.3 is 5.97 Å². The molecule has 3 fully saturated rings. The number of carbonyl (C=O) groups is 5. The number of phenolic OH excluding ortho intramolecular Hbond substituents is 1. The van der Waals surface area contributed by atoms with E-state index >= 15 is 0 Å². The van der Waals surface area contributed by atoms with Gasteiger partial charge in [0.05, 0.1) is 23.1 Å². The van der Waals surface area contributed by atoms with Crippen molar-refractivity contribution in [1.82, 2.24) is 4.90 Å². The molecular weight excluding hydrogens is 595 g/mol. The summed E-state index contributed by atoms with van der Waals surface area (Å²) >= 11 is 14.4. The lowest BCUT2D eigenvalue weighted by Crippen LogP contribution is -2.60. The molecule has 3 aromatic rings. The van der Waals surface area contributed by atoms with Crippen molar-refractivity contribution >= 4 is 69.3 Å². The second-order valence-corrected chi connectivity index (χ2v) is 12.8. The molecule has 0 bridgehead atoms. The Balaban J connectivity index is 1.41. The molecule has 0 radical (unpaired) electrons. The predicted molar refractivity (Wildman–Crippen MR) is 157 cm³/mol. The highest BCUT2D eigenvalue weighted by atomic mass is 35.5. The van der Waals surface area contributed by atoms with E-state index in [0.29, 0.717) is 11.0 Å². The highest BCUT2D eigenvalue weighted by Crippen LogP contribution is 2.66. The maximum atomic E-state index is 14.1. The van der Waals surface area contributed by atoms with Crippen LogP contribution in [0.1, 0.15) is 34.7 Å². The first-order valence-corrected chi connectivity index (χ1v) is 14.5. The van der Waals surface area contributed by atoms with Gasteiger partial charge in [0.2, 0.25) is 11.8 Å². The highest BCUT2D eigenvalue weighted by molar-refractivity contribution is 6.53. The number of rotatable bonds is 3. The van der Waals surface area contributed by atoms with Crippen molar-refractivity contribution in [3.63, 3.8) is 0 Å². The third-order valence-electron chi connectivity index (χ3n) is 9.61. The van der Waals surface area contributed by atoms with Crippen LogP contribution < -0.4 is 4.90 Å². The smallest absolute Gasteiger partial charge is 0.335 e. The maximum absolute atomic E-state index is 14.1. The average Bonchev–Trinajstić information content (AvgIpc) is 3.33. The summed E-state index contributed by atoms with van der Waals surface area (Å²) < 4.78 is 0. The van der Waals surface area contributed by atoms with Gasteiger partial charge in [-0.25, -0.2) is 4.79 Å². The molecule has 2 aliphatic carbocycles. The number of amides is 4. The van der Waals surface area contributed by atoms with Gasteiger partial charge < -0.3 is 10.2 Å². The van der Waals surface area contributed by atoms with Crippen molar-refractivity contribution in [2.45, 2.75) is 28.5 Å². The molecule has 1 saturated carbocycles. The molecule has 0 spiro atoms. The summed E-state index contributed by atoms with van der Waals surface area (Å²) in [6.45, 7) is 0. The predicted octanol–water partition coefficient (Wildman–Crippen LogP) is 4.44. The molecule has 9 nitrogen and oxygen atoms in total. The fraction of sp³-hybridized carbons (Fsp3) is 0.281. The molecule has 0 unspecified atom stereocenters. The second-order valence-electron chi connectivity index (χ2n) is 11.6. The number of hydrogen-bond donors (Lipinski definition) is 2. The van der Waals surface area contributed by atoms with Gasteiger partial charge in [-0.2, -0.15) is 0 Å². The molecule has 2 saturated heterocycles. The third kappa shape index (κ3) is 3.43. The first-order valence-electron chi connectivity index (χ1n) is 13.7. The zero-order valence-corrected chi connectivity index (χ0v) is 24.2. The Morgan fingerprint density at radius 1 is 0.930 bits per heavy atom. The van der Waals surface area contributed by atoms with E-state index in [9.17, 15) is 34.2 Å². The van der Waals surface area contributed by atoms with Gasteiger partial charge in [0.25, 0.3) is 11.8 Å². The van der Waals surface area contributed by atoms with Gasteiger partial charge in [-0.05, 0) is 42.3 Å². The Morgan fingerprint density at radius 3 is 2.42 bits per heavy atom. The van der Waals surface area contributed by atoms with E-state index in [1.54, 1.807) is 30.3 Å². The van der Waals surface area contributed by atoms with E-state index in [2.05, 4.69) is 0 Å². The number of likely N-dealkylation sites (tertiary alicyclic amines) is 1. The van der Waals surface area contributed by atoms with Gasteiger partial charge in [-0.1, -0.05) is 54.1 Å². The summed E-state index contributed by atoms with van der Waals surface area (Å²) in [7, 11) is 1.30. The molecule has 7 rings (SSSR count). The number of carboxylic acids is 1. The summed E-state index contributed by atoms with van der Waals surface area (Å²) in [5, 5.41) is 22.3. The van der Waals surface area contributed by atoms with E-state index in [4.69, 9.17) is 23.2 Å². The standard InChI is InChI=1S/C32H24Cl2N2O7/c1-35-29(42)31(33)14-22-19(24(32(31,34)30(35)43)21-10-9-15-5-2-3-8-18(15)25(21)37)11-12-20-23(22)27(39)36(26(20)38)17-7-4-6-16(13-17)28(40)41/h2-11,13,20,22-24,37H,12,14H2,1H3,(H,40,41)/t20-,22+,23-,24+,31+,32-/m0/s1. The number of allylic oxidation sites excluding steroid dienone is 2. The molecule has 2 heterocycles. The Labute approximate surface area is 255 Å². The van der Waals surface area contributed by atoms with Crippen LogP contribution >= 0.6 is 23.2 Å². The van der Waals surface area contributed by atoms with Crippen molar-refractivity contribution in [2.75, 3.05) is 11.9 Å². The number of aromatic carboxylic acids is 1. The number of fused-ring (bicyclic) bond motifs is 5. The van der Waals surface area contributed by atoms with Gasteiger partial charge in [0, 0.05) is 23.9 Å². The van der Waals surface area contributed by atoms with Crippen LogP contribution in [0.25, 0.3) is 10.8 Å². The Bertz CT molecular complexity index is 1860. The number of halogens is 2. The number of carbonyl (C=O) groups excluding carboxylic acids is 4. The normalized spacial score (nSPS) is 31.7. The average molecular weight is 619 g/mol. The van der Waals surface area contributed by atoms with E-state index in [-0.39, 0.29) is 35.4 Å². The summed E-state index contributed by atoms with van der Waals surface area (Å²) in [5.74, 6) is -7.42. The third-order valence-corrected chi connectivity index (χ3v) is 11.0. The van der Waals surface area contributed by atoms with E-state index in [0.717, 1.165) is 15.2 Å². The van der Waals surface area contributed by atoms with E-state index in [1.807, 2.05) is 12.1 Å². The fourth-order valence-electron chi connectivity index (χ4n) is 7.63. The molecule has 4 amide bonds. The van der Waals surface area contributed by atoms with Crippen molar-refractivity contribution < 1.29 is 34.2 Å². The number of benzene rings is 3. The van der Waals surface area contributed by atoms with Crippen LogP contribution in [0, 0.1) is 17.8 Å². The number of imide groups is 2. The summed E-state index contributed by atoms with van der Waals surface area (Å²) in [4.78, 5) is 64.7. The number of anilines is 1. The Hall–Kier alpha value is -4.21. The van der Waals surface area contributed by atoms with Crippen LogP contribution in [0.5, 0.6) is 5.75 Å². The zero-order chi connectivity index (χ0) is 30.6. The molecule has 218 valence electrons. The van der Waals surface area contributed by atoms with Crippen LogP contribution in [-0.2, 0) is 19.2 Å². The minimum absolute atomic E-state index is 0.0824. The lowest BCUT2D eigenvalue weighted by atomic mass is 9.56. The van der Waals surface area contributed by atoms with Crippen molar-refractivity contribution in [2.24, 2.45) is 17.8 Å². The topological polar surface area (TPSA) is 132 Å². The first-order chi connectivity index (χ1) is 20.4. The van der Waals surface area contributed by atoms with Crippen LogP contribution in [0.2, 0.25) is 0 Å². The fourth-order valence-corrected chi connectivity index (χ4v) is 8.64. The summed E-state index contributed by atoms with van der Waals surface area (Å²) in [6.07, 6.45) is 1.73. The molecule has 6 atom stereocenters. The lowest BCUT2D eigenvalue weighted by Gasteiger charge is -2.50. The quantitative estimate of drug-likeness (QED) is 0.252. The van der Waals surface area contributed by atoms with Crippen LogP contribution in [0.3, 0.4) is 0 Å². The first kappa shape index (κ1) is 27.6. The van der Waals surface area contributed by atoms with E-state index < -0.39 is 63.0 Å². The van der Waals surface area contributed by atoms with Crippen LogP contribution in [0.15, 0.2) is 72.3 Å². The molecule has 3 aromatic carbocycles. The van der Waals surface area contributed by atoms with Crippen molar-refractivity contribution in [3.8, 4) is 5.75 Å². The largest absolute Gasteiger partial charge is 0.507 e. The number of nitrogens with zero attached hydrogens (tertiary/aromatic N) is 2. The minimum atomic E-state index is -2.02. The Morgan fingerprint density at radius 2 is 1.67 bits per heavy atom.